The fourth-order valence-corrected chi connectivity index (χ4v) is 3.96. The van der Waals surface area contributed by atoms with E-state index in [9.17, 15) is 4.79 Å². The second-order valence-corrected chi connectivity index (χ2v) is 7.75. The van der Waals surface area contributed by atoms with Crippen molar-refractivity contribution in [1.82, 2.24) is 15.0 Å². The van der Waals surface area contributed by atoms with Crippen LogP contribution in [0.15, 0.2) is 65.4 Å². The van der Waals surface area contributed by atoms with Gasteiger partial charge in [-0.25, -0.2) is 19.7 Å². The van der Waals surface area contributed by atoms with E-state index in [2.05, 4.69) is 25.9 Å². The lowest BCUT2D eigenvalue weighted by Gasteiger charge is -2.14. The summed E-state index contributed by atoms with van der Waals surface area (Å²) in [5.74, 6) is 0.386. The maximum Gasteiger partial charge on any atom is 0.414 e. The molecule has 0 unspecified atom stereocenters. The standard InChI is InChI=1S/C22H16BrN5O2/c23-15-3-1-2-14(10-15)17-11-18(27-21-19(17)20(24)25-12-26-21)13-4-6-16(7-5-13)28-8-9-30-22(28)29/h1-7,10-12H,8-9H2,(H2,24,25,26,27). The Morgan fingerprint density at radius 3 is 2.60 bits per heavy atom. The molecule has 0 aliphatic carbocycles. The van der Waals surface area contributed by atoms with E-state index in [1.165, 1.54) is 6.33 Å². The Labute approximate surface area is 180 Å². The number of halogens is 1. The van der Waals surface area contributed by atoms with E-state index in [4.69, 9.17) is 15.5 Å². The summed E-state index contributed by atoms with van der Waals surface area (Å²) < 4.78 is 5.98. The Bertz CT molecular complexity index is 1280. The van der Waals surface area contributed by atoms with Crippen LogP contribution in [0.5, 0.6) is 0 Å². The summed E-state index contributed by atoms with van der Waals surface area (Å²) in [6.45, 7) is 0.958. The van der Waals surface area contributed by atoms with E-state index in [0.29, 0.717) is 24.6 Å². The summed E-state index contributed by atoms with van der Waals surface area (Å²) in [4.78, 5) is 26.6. The Balaban J connectivity index is 1.64. The highest BCUT2D eigenvalue weighted by molar-refractivity contribution is 9.10. The van der Waals surface area contributed by atoms with Crippen LogP contribution in [0.3, 0.4) is 0 Å². The zero-order valence-corrected chi connectivity index (χ0v) is 17.3. The number of benzene rings is 2. The number of carbonyl (C=O) groups is 1. The van der Waals surface area contributed by atoms with Crippen molar-refractivity contribution in [3.63, 3.8) is 0 Å². The molecule has 1 amide bonds. The molecule has 2 N–H and O–H groups in total. The first kappa shape index (κ1) is 18.5. The second-order valence-electron chi connectivity index (χ2n) is 6.84. The lowest BCUT2D eigenvalue weighted by atomic mass is 10.00. The number of aromatic nitrogens is 3. The van der Waals surface area contributed by atoms with Gasteiger partial charge in [-0.15, -0.1) is 0 Å². The van der Waals surface area contributed by atoms with Gasteiger partial charge in [0.15, 0.2) is 5.65 Å². The molecule has 0 radical (unpaired) electrons. The molecule has 5 rings (SSSR count). The minimum absolute atomic E-state index is 0.323. The van der Waals surface area contributed by atoms with Crippen molar-refractivity contribution in [3.8, 4) is 22.4 Å². The van der Waals surface area contributed by atoms with Gasteiger partial charge in [-0.3, -0.25) is 4.90 Å². The molecule has 2 aromatic carbocycles. The topological polar surface area (TPSA) is 94.2 Å². The fraction of sp³-hybridized carbons (Fsp3) is 0.0909. The Morgan fingerprint density at radius 1 is 1.03 bits per heavy atom. The lowest BCUT2D eigenvalue weighted by molar-refractivity contribution is 0.181. The number of carbonyl (C=O) groups excluding carboxylic acids is 1. The van der Waals surface area contributed by atoms with Crippen molar-refractivity contribution in [2.24, 2.45) is 0 Å². The summed E-state index contributed by atoms with van der Waals surface area (Å²) in [5.41, 5.74) is 11.0. The third-order valence-electron chi connectivity index (χ3n) is 5.00. The third-order valence-corrected chi connectivity index (χ3v) is 5.50. The first-order valence-corrected chi connectivity index (χ1v) is 10.1. The normalized spacial score (nSPS) is 13.6. The molecular formula is C22H16BrN5O2. The number of nitrogens with zero attached hydrogens (tertiary/aromatic N) is 4. The van der Waals surface area contributed by atoms with E-state index >= 15 is 0 Å². The molecule has 1 fully saturated rings. The minimum Gasteiger partial charge on any atom is -0.447 e. The number of pyridine rings is 1. The summed E-state index contributed by atoms with van der Waals surface area (Å²) in [7, 11) is 0. The van der Waals surface area contributed by atoms with E-state index < -0.39 is 0 Å². The summed E-state index contributed by atoms with van der Waals surface area (Å²) in [6.07, 6.45) is 1.09. The van der Waals surface area contributed by atoms with E-state index in [1.807, 2.05) is 54.6 Å². The molecule has 1 aliphatic rings. The minimum atomic E-state index is -0.323. The van der Waals surface area contributed by atoms with Gasteiger partial charge in [0.25, 0.3) is 0 Å². The molecule has 0 saturated carbocycles. The van der Waals surface area contributed by atoms with Gasteiger partial charge in [0.2, 0.25) is 0 Å². The number of anilines is 2. The van der Waals surface area contributed by atoms with Gasteiger partial charge in [0, 0.05) is 15.7 Å². The van der Waals surface area contributed by atoms with Crippen molar-refractivity contribution in [3.05, 3.63) is 65.4 Å². The van der Waals surface area contributed by atoms with Gasteiger partial charge in [0.05, 0.1) is 17.6 Å². The molecule has 0 atom stereocenters. The van der Waals surface area contributed by atoms with Crippen LogP contribution in [0, 0.1) is 0 Å². The summed E-state index contributed by atoms with van der Waals surface area (Å²) in [5, 5.41) is 0.718. The van der Waals surface area contributed by atoms with Crippen molar-refractivity contribution in [1.29, 1.82) is 0 Å². The molecule has 1 aliphatic heterocycles. The van der Waals surface area contributed by atoms with Gasteiger partial charge in [-0.2, -0.15) is 0 Å². The number of nitrogens with two attached hydrogens (primary N) is 1. The van der Waals surface area contributed by atoms with E-state index in [0.717, 1.165) is 37.9 Å². The third kappa shape index (κ3) is 3.25. The van der Waals surface area contributed by atoms with Crippen molar-refractivity contribution in [2.45, 2.75) is 0 Å². The van der Waals surface area contributed by atoms with Gasteiger partial charge >= 0.3 is 6.09 Å². The summed E-state index contributed by atoms with van der Waals surface area (Å²) >= 11 is 3.53. The van der Waals surface area contributed by atoms with Gasteiger partial charge in [-0.1, -0.05) is 40.2 Å². The molecule has 7 nitrogen and oxygen atoms in total. The SMILES string of the molecule is Nc1ncnc2nc(-c3ccc(N4CCOC4=O)cc3)cc(-c3cccc(Br)c3)c12. The lowest BCUT2D eigenvalue weighted by Crippen LogP contribution is -2.23. The molecule has 3 heterocycles. The molecule has 0 spiro atoms. The first-order chi connectivity index (χ1) is 14.6. The predicted octanol–water partition coefficient (Wildman–Crippen LogP) is 4.66. The average Bonchev–Trinajstić information content (AvgIpc) is 3.19. The van der Waals surface area contributed by atoms with Crippen LogP contribution in [-0.4, -0.2) is 34.2 Å². The van der Waals surface area contributed by atoms with Gasteiger partial charge < -0.3 is 10.5 Å². The van der Waals surface area contributed by atoms with Crippen LogP contribution in [0.2, 0.25) is 0 Å². The van der Waals surface area contributed by atoms with E-state index in [1.54, 1.807) is 4.90 Å². The maximum absolute atomic E-state index is 11.8. The summed E-state index contributed by atoms with van der Waals surface area (Å²) in [6, 6.07) is 17.6. The zero-order valence-electron chi connectivity index (χ0n) is 15.7. The number of cyclic esters (lactones) is 1. The largest absolute Gasteiger partial charge is 0.447 e. The Kier molecular flexibility index (Phi) is 4.55. The van der Waals surface area contributed by atoms with Crippen LogP contribution in [0.4, 0.5) is 16.3 Å². The number of nitrogen functional groups attached to an aromatic ring is 1. The number of hydrogen-bond donors (Lipinski definition) is 1. The number of ether oxygens (including phenoxy) is 1. The average molecular weight is 462 g/mol. The molecule has 1 saturated heterocycles. The smallest absolute Gasteiger partial charge is 0.414 e. The van der Waals surface area contributed by atoms with Crippen LogP contribution >= 0.6 is 15.9 Å². The van der Waals surface area contributed by atoms with Crippen LogP contribution in [0.25, 0.3) is 33.4 Å². The molecular weight excluding hydrogens is 446 g/mol. The van der Waals surface area contributed by atoms with Crippen LogP contribution < -0.4 is 10.6 Å². The number of hydrogen-bond acceptors (Lipinski definition) is 6. The highest BCUT2D eigenvalue weighted by Crippen LogP contribution is 2.35. The molecule has 4 aromatic rings. The molecule has 2 aromatic heterocycles. The van der Waals surface area contributed by atoms with E-state index in [-0.39, 0.29) is 6.09 Å². The molecule has 8 heteroatoms. The molecule has 148 valence electrons. The highest BCUT2D eigenvalue weighted by Gasteiger charge is 2.23. The van der Waals surface area contributed by atoms with Gasteiger partial charge in [0.1, 0.15) is 18.8 Å². The monoisotopic (exact) mass is 461 g/mol. The molecule has 0 bridgehead atoms. The predicted molar refractivity (Wildman–Crippen MR) is 119 cm³/mol. The quantitative estimate of drug-likeness (QED) is 0.476. The Morgan fingerprint density at radius 2 is 1.87 bits per heavy atom. The maximum atomic E-state index is 11.8. The Hall–Kier alpha value is -3.52. The number of amides is 1. The number of fused-ring (bicyclic) bond motifs is 1. The van der Waals surface area contributed by atoms with Crippen molar-refractivity contribution >= 4 is 44.6 Å². The van der Waals surface area contributed by atoms with Crippen molar-refractivity contribution in [2.75, 3.05) is 23.8 Å². The highest BCUT2D eigenvalue weighted by atomic mass is 79.9. The second kappa shape index (κ2) is 7.38. The zero-order chi connectivity index (χ0) is 20.7. The number of rotatable bonds is 3. The van der Waals surface area contributed by atoms with Crippen LogP contribution in [0.1, 0.15) is 0 Å². The first-order valence-electron chi connectivity index (χ1n) is 9.32. The molecule has 30 heavy (non-hydrogen) atoms. The fourth-order valence-electron chi connectivity index (χ4n) is 3.56. The van der Waals surface area contributed by atoms with Crippen molar-refractivity contribution < 1.29 is 9.53 Å². The van der Waals surface area contributed by atoms with Crippen LogP contribution in [-0.2, 0) is 4.74 Å². The van der Waals surface area contributed by atoms with Gasteiger partial charge in [-0.05, 0) is 41.5 Å².